The van der Waals surface area contributed by atoms with Gasteiger partial charge in [0.1, 0.15) is 6.04 Å². The van der Waals surface area contributed by atoms with E-state index in [-0.39, 0.29) is 5.91 Å². The highest BCUT2D eigenvalue weighted by Crippen LogP contribution is 2.23. The first kappa shape index (κ1) is 14.1. The normalized spacial score (nSPS) is 12.2. The second-order valence-corrected chi connectivity index (χ2v) is 5.72. The van der Waals surface area contributed by atoms with Crippen molar-refractivity contribution in [2.24, 2.45) is 0 Å². The minimum absolute atomic E-state index is 0.200. The molecule has 2 aromatic rings. The summed E-state index contributed by atoms with van der Waals surface area (Å²) in [5, 5.41) is 7.38. The molecule has 19 heavy (non-hydrogen) atoms. The molecule has 2 rings (SSSR count). The molecule has 1 heterocycles. The molecule has 100 valence electrons. The molecule has 1 amide bonds. The molecular formula is C12H12ClIN4O. The maximum atomic E-state index is 12.1. The summed E-state index contributed by atoms with van der Waals surface area (Å²) < 4.78 is 2.57. The highest BCUT2D eigenvalue weighted by atomic mass is 127. The summed E-state index contributed by atoms with van der Waals surface area (Å²) in [6.07, 6.45) is 3.49. The number of nitrogens with one attached hydrogen (secondary N) is 1. The van der Waals surface area contributed by atoms with Crippen molar-refractivity contribution in [1.82, 2.24) is 9.78 Å². The fourth-order valence-electron chi connectivity index (χ4n) is 1.52. The van der Waals surface area contributed by atoms with Gasteiger partial charge in [0.25, 0.3) is 0 Å². The van der Waals surface area contributed by atoms with E-state index in [9.17, 15) is 4.79 Å². The zero-order valence-electron chi connectivity index (χ0n) is 10.1. The fraction of sp³-hybridized carbons (Fsp3) is 0.167. The van der Waals surface area contributed by atoms with Gasteiger partial charge in [-0.15, -0.1) is 0 Å². The van der Waals surface area contributed by atoms with Gasteiger partial charge in [0.05, 0.1) is 21.1 Å². The summed E-state index contributed by atoms with van der Waals surface area (Å²) in [6.45, 7) is 1.76. The first-order valence-corrected chi connectivity index (χ1v) is 6.98. The van der Waals surface area contributed by atoms with Gasteiger partial charge in [-0.3, -0.25) is 9.48 Å². The number of hydrogen-bond acceptors (Lipinski definition) is 3. The van der Waals surface area contributed by atoms with Crippen LogP contribution < -0.4 is 11.1 Å². The van der Waals surface area contributed by atoms with Crippen molar-refractivity contribution in [2.45, 2.75) is 13.0 Å². The number of aromatic nitrogens is 2. The van der Waals surface area contributed by atoms with Crippen molar-refractivity contribution in [2.75, 3.05) is 11.1 Å². The van der Waals surface area contributed by atoms with Crippen LogP contribution in [0.4, 0.5) is 11.4 Å². The van der Waals surface area contributed by atoms with Gasteiger partial charge < -0.3 is 11.1 Å². The first-order chi connectivity index (χ1) is 8.97. The Labute approximate surface area is 129 Å². The number of anilines is 2. The number of benzene rings is 1. The Morgan fingerprint density at radius 3 is 2.95 bits per heavy atom. The average molecular weight is 391 g/mol. The Morgan fingerprint density at radius 1 is 1.58 bits per heavy atom. The molecular weight excluding hydrogens is 379 g/mol. The number of halogens is 2. The number of nitrogen functional groups attached to an aromatic ring is 1. The van der Waals surface area contributed by atoms with Crippen LogP contribution in [0.2, 0.25) is 5.02 Å². The molecule has 0 bridgehead atoms. The summed E-state index contributed by atoms with van der Waals surface area (Å²) in [6, 6.07) is 4.52. The fourth-order valence-corrected chi connectivity index (χ4v) is 2.10. The third-order valence-corrected chi connectivity index (χ3v) is 3.41. The summed E-state index contributed by atoms with van der Waals surface area (Å²) >= 11 is 8.01. The number of hydrogen-bond donors (Lipinski definition) is 2. The number of carbonyl (C=O) groups excluding carboxylic acids is 1. The van der Waals surface area contributed by atoms with E-state index < -0.39 is 6.04 Å². The minimum Gasteiger partial charge on any atom is -0.397 e. The summed E-state index contributed by atoms with van der Waals surface area (Å²) in [4.78, 5) is 12.1. The van der Waals surface area contributed by atoms with Crippen LogP contribution in [0.25, 0.3) is 0 Å². The zero-order valence-corrected chi connectivity index (χ0v) is 13.0. The number of amides is 1. The van der Waals surface area contributed by atoms with Gasteiger partial charge in [0.2, 0.25) is 5.91 Å². The van der Waals surface area contributed by atoms with Gasteiger partial charge in [0, 0.05) is 11.2 Å². The monoisotopic (exact) mass is 390 g/mol. The molecule has 1 aromatic heterocycles. The second kappa shape index (κ2) is 5.79. The van der Waals surface area contributed by atoms with Crippen molar-refractivity contribution in [3.05, 3.63) is 39.2 Å². The van der Waals surface area contributed by atoms with Crippen LogP contribution in [-0.4, -0.2) is 15.7 Å². The topological polar surface area (TPSA) is 72.9 Å². The van der Waals surface area contributed by atoms with E-state index in [2.05, 4.69) is 33.0 Å². The third kappa shape index (κ3) is 3.38. The van der Waals surface area contributed by atoms with E-state index in [1.54, 1.807) is 42.2 Å². The van der Waals surface area contributed by atoms with Gasteiger partial charge in [-0.25, -0.2) is 0 Å². The van der Waals surface area contributed by atoms with Crippen LogP contribution in [0, 0.1) is 3.57 Å². The van der Waals surface area contributed by atoms with E-state index in [1.807, 2.05) is 0 Å². The smallest absolute Gasteiger partial charge is 0.249 e. The van der Waals surface area contributed by atoms with E-state index in [1.165, 1.54) is 0 Å². The molecule has 1 unspecified atom stereocenters. The van der Waals surface area contributed by atoms with Gasteiger partial charge in [0.15, 0.2) is 0 Å². The highest BCUT2D eigenvalue weighted by Gasteiger charge is 2.16. The summed E-state index contributed by atoms with van der Waals surface area (Å²) in [7, 11) is 0. The molecule has 0 spiro atoms. The Hall–Kier alpha value is -1.28. The van der Waals surface area contributed by atoms with Crippen molar-refractivity contribution in [3.8, 4) is 0 Å². The van der Waals surface area contributed by atoms with Crippen molar-refractivity contribution in [3.63, 3.8) is 0 Å². The zero-order chi connectivity index (χ0) is 14.0. The minimum atomic E-state index is -0.429. The average Bonchev–Trinajstić information content (AvgIpc) is 2.79. The van der Waals surface area contributed by atoms with Gasteiger partial charge in [-0.2, -0.15) is 5.10 Å². The Bertz CT molecular complexity index is 614. The summed E-state index contributed by atoms with van der Waals surface area (Å²) in [5.41, 5.74) is 6.76. The number of nitrogens with two attached hydrogens (primary N) is 1. The number of carbonyl (C=O) groups is 1. The van der Waals surface area contributed by atoms with E-state index in [0.717, 1.165) is 3.57 Å². The van der Waals surface area contributed by atoms with Crippen molar-refractivity contribution >= 4 is 51.5 Å². The number of rotatable bonds is 3. The predicted molar refractivity (Wildman–Crippen MR) is 84.1 cm³/mol. The third-order valence-electron chi connectivity index (χ3n) is 2.62. The standard InChI is InChI=1S/C12H12ClIN4O/c1-7(18-6-9(14)5-16-18)12(19)17-11-4-8(13)2-3-10(11)15/h2-7H,15H2,1H3,(H,17,19). The highest BCUT2D eigenvalue weighted by molar-refractivity contribution is 14.1. The molecule has 1 aromatic carbocycles. The molecule has 5 nitrogen and oxygen atoms in total. The van der Waals surface area contributed by atoms with Crippen LogP contribution in [-0.2, 0) is 4.79 Å². The quantitative estimate of drug-likeness (QED) is 0.625. The lowest BCUT2D eigenvalue weighted by atomic mass is 10.2. The predicted octanol–water partition coefficient (Wildman–Crippen LogP) is 2.92. The van der Waals surface area contributed by atoms with Crippen molar-refractivity contribution < 1.29 is 4.79 Å². The SMILES string of the molecule is CC(C(=O)Nc1cc(Cl)ccc1N)n1cc(I)cn1. The molecule has 7 heteroatoms. The van der Waals surface area contributed by atoms with Gasteiger partial charge in [-0.1, -0.05) is 11.6 Å². The maximum absolute atomic E-state index is 12.1. The maximum Gasteiger partial charge on any atom is 0.249 e. The Balaban J connectivity index is 2.14. The van der Waals surface area contributed by atoms with Crippen LogP contribution in [0.5, 0.6) is 0 Å². The molecule has 3 N–H and O–H groups in total. The number of nitrogens with zero attached hydrogens (tertiary/aromatic N) is 2. The lowest BCUT2D eigenvalue weighted by molar-refractivity contribution is -0.119. The van der Waals surface area contributed by atoms with Crippen LogP contribution in [0.1, 0.15) is 13.0 Å². The van der Waals surface area contributed by atoms with Gasteiger partial charge in [-0.05, 0) is 47.7 Å². The summed E-state index contributed by atoms with van der Waals surface area (Å²) in [5.74, 6) is -0.200. The molecule has 0 aliphatic rings. The van der Waals surface area contributed by atoms with Crippen LogP contribution >= 0.6 is 34.2 Å². The molecule has 0 aliphatic heterocycles. The lowest BCUT2D eigenvalue weighted by Crippen LogP contribution is -2.24. The van der Waals surface area contributed by atoms with Crippen molar-refractivity contribution in [1.29, 1.82) is 0 Å². The molecule has 0 aliphatic carbocycles. The van der Waals surface area contributed by atoms with E-state index >= 15 is 0 Å². The Morgan fingerprint density at radius 2 is 2.32 bits per heavy atom. The molecule has 1 atom stereocenters. The second-order valence-electron chi connectivity index (χ2n) is 4.04. The molecule has 0 saturated carbocycles. The van der Waals surface area contributed by atoms with E-state index in [0.29, 0.717) is 16.4 Å². The van der Waals surface area contributed by atoms with Gasteiger partial charge >= 0.3 is 0 Å². The largest absolute Gasteiger partial charge is 0.397 e. The Kier molecular flexibility index (Phi) is 4.31. The first-order valence-electron chi connectivity index (χ1n) is 5.53. The molecule has 0 saturated heterocycles. The molecule has 0 radical (unpaired) electrons. The van der Waals surface area contributed by atoms with Crippen LogP contribution in [0.3, 0.4) is 0 Å². The van der Waals surface area contributed by atoms with Crippen LogP contribution in [0.15, 0.2) is 30.6 Å². The molecule has 0 fully saturated rings. The van der Waals surface area contributed by atoms with E-state index in [4.69, 9.17) is 17.3 Å². The lowest BCUT2D eigenvalue weighted by Gasteiger charge is -2.14.